The van der Waals surface area contributed by atoms with Crippen LogP contribution < -0.4 is 0 Å². The van der Waals surface area contributed by atoms with Gasteiger partial charge in [0.15, 0.2) is 5.78 Å². The van der Waals surface area contributed by atoms with Crippen molar-refractivity contribution in [2.45, 2.75) is 55.9 Å². The first-order valence-electron chi connectivity index (χ1n) is 12.3. The number of rotatable bonds is 8. The van der Waals surface area contributed by atoms with Gasteiger partial charge in [0.05, 0.1) is 22.8 Å². The number of halogens is 6. The van der Waals surface area contributed by atoms with Crippen molar-refractivity contribution in [2.75, 3.05) is 6.54 Å². The molecule has 14 heteroatoms. The lowest BCUT2D eigenvalue weighted by atomic mass is 9.83. The van der Waals surface area contributed by atoms with E-state index in [0.717, 1.165) is 47.2 Å². The van der Waals surface area contributed by atoms with Crippen LogP contribution in [0.2, 0.25) is 0 Å². The molecular weight excluding hydrogens is 562 g/mol. The molecule has 3 heterocycles. The predicted molar refractivity (Wildman–Crippen MR) is 131 cm³/mol. The van der Waals surface area contributed by atoms with E-state index in [1.165, 1.54) is 6.07 Å². The third kappa shape index (κ3) is 6.17. The summed E-state index contributed by atoms with van der Waals surface area (Å²) < 4.78 is 109. The van der Waals surface area contributed by atoms with Crippen molar-refractivity contribution in [3.05, 3.63) is 71.9 Å². The van der Waals surface area contributed by atoms with Crippen LogP contribution in [-0.4, -0.2) is 52.2 Å². The van der Waals surface area contributed by atoms with E-state index < -0.39 is 57.6 Å². The van der Waals surface area contributed by atoms with E-state index in [1.54, 1.807) is 6.92 Å². The van der Waals surface area contributed by atoms with Gasteiger partial charge in [-0.25, -0.2) is 31.6 Å². The van der Waals surface area contributed by atoms with Crippen LogP contribution in [0.4, 0.5) is 26.3 Å². The zero-order valence-corrected chi connectivity index (χ0v) is 21.9. The number of Topliss-reactive ketones (excluding diaryl/α,β-unsaturated/α-hetero) is 1. The molecule has 40 heavy (non-hydrogen) atoms. The summed E-state index contributed by atoms with van der Waals surface area (Å²) in [6.45, 7) is 1.36. The summed E-state index contributed by atoms with van der Waals surface area (Å²) in [4.78, 5) is 23.5. The molecule has 1 aromatic carbocycles. The molecule has 0 spiro atoms. The van der Waals surface area contributed by atoms with Crippen LogP contribution in [0.3, 0.4) is 0 Å². The van der Waals surface area contributed by atoms with Gasteiger partial charge < -0.3 is 0 Å². The van der Waals surface area contributed by atoms with Gasteiger partial charge in [0.2, 0.25) is 15.8 Å². The van der Waals surface area contributed by atoms with Crippen LogP contribution in [-0.2, 0) is 27.4 Å². The summed E-state index contributed by atoms with van der Waals surface area (Å²) in [7, 11) is -4.29. The van der Waals surface area contributed by atoms with E-state index >= 15 is 0 Å². The second kappa shape index (κ2) is 11.6. The van der Waals surface area contributed by atoms with Gasteiger partial charge in [0, 0.05) is 36.8 Å². The van der Waals surface area contributed by atoms with Crippen LogP contribution in [0.1, 0.15) is 37.6 Å². The van der Waals surface area contributed by atoms with Crippen molar-refractivity contribution in [1.29, 1.82) is 0 Å². The molecule has 0 bridgehead atoms. The van der Waals surface area contributed by atoms with Gasteiger partial charge in [-0.3, -0.25) is 9.78 Å². The van der Waals surface area contributed by atoms with Crippen LogP contribution in [0.5, 0.6) is 0 Å². The predicted octanol–water partition coefficient (Wildman–Crippen LogP) is 5.16. The van der Waals surface area contributed by atoms with Crippen molar-refractivity contribution in [3.8, 4) is 11.3 Å². The number of aryl methyl sites for hydroxylation is 1. The molecule has 1 unspecified atom stereocenters. The largest absolute Gasteiger partial charge is 0.451 e. The first kappa shape index (κ1) is 29.6. The Kier molecular flexibility index (Phi) is 8.59. The molecule has 0 radical (unpaired) electrons. The standard InChI is InChI=1S/C26H24F6N4O3S/c1-2-19-20(28)9-10-36(40(38,39)18-6-4-17(27)5-7-18)24(19)23(37)8-3-15-11-22(33-14-21(15)29)16-12-34-25(35-13-16)26(30,31)32/h4-7,11-14,19-20,24H,2-3,8-10H2,1H3/t19?,20-,24-/m0/s1. The second-order valence-electron chi connectivity index (χ2n) is 9.31. The highest BCUT2D eigenvalue weighted by atomic mass is 32.2. The van der Waals surface area contributed by atoms with Crippen molar-refractivity contribution >= 4 is 15.8 Å². The van der Waals surface area contributed by atoms with E-state index in [-0.39, 0.29) is 53.9 Å². The molecule has 1 fully saturated rings. The quantitative estimate of drug-likeness (QED) is 0.339. The maximum Gasteiger partial charge on any atom is 0.451 e. The number of nitrogens with zero attached hydrogens (tertiary/aromatic N) is 4. The van der Waals surface area contributed by atoms with Crippen LogP contribution in [0, 0.1) is 17.6 Å². The minimum absolute atomic E-state index is 0.00755. The summed E-state index contributed by atoms with van der Waals surface area (Å²) in [6, 6.07) is 3.93. The number of alkyl halides is 4. The SMILES string of the molecule is CCC1[C@@H](C(=O)CCc2cc(-c3cnc(C(F)(F)F)nc3)ncc2F)N(S(=O)(=O)c2ccc(F)cc2)CC[C@@H]1F. The Morgan fingerprint density at radius 2 is 1.70 bits per heavy atom. The summed E-state index contributed by atoms with van der Waals surface area (Å²) in [6.07, 6.45) is -4.10. The number of pyridine rings is 1. The van der Waals surface area contributed by atoms with Gasteiger partial charge in [-0.2, -0.15) is 17.5 Å². The highest BCUT2D eigenvalue weighted by Gasteiger charge is 2.46. The van der Waals surface area contributed by atoms with E-state index in [1.807, 2.05) is 0 Å². The Hall–Kier alpha value is -3.39. The third-order valence-corrected chi connectivity index (χ3v) is 8.70. The van der Waals surface area contributed by atoms with E-state index in [2.05, 4.69) is 15.0 Å². The van der Waals surface area contributed by atoms with Gasteiger partial charge >= 0.3 is 6.18 Å². The van der Waals surface area contributed by atoms with Gasteiger partial charge in [0.1, 0.15) is 17.8 Å². The number of carbonyl (C=O) groups is 1. The number of aromatic nitrogens is 3. The molecule has 4 rings (SSSR count). The zero-order chi connectivity index (χ0) is 29.2. The van der Waals surface area contributed by atoms with E-state index in [0.29, 0.717) is 0 Å². The molecular formula is C26H24F6N4O3S. The molecule has 1 aliphatic heterocycles. The minimum Gasteiger partial charge on any atom is -0.298 e. The minimum atomic E-state index is -4.74. The lowest BCUT2D eigenvalue weighted by Gasteiger charge is -2.41. The maximum atomic E-state index is 14.9. The Morgan fingerprint density at radius 1 is 1.05 bits per heavy atom. The number of hydrogen-bond acceptors (Lipinski definition) is 6. The number of carbonyl (C=O) groups excluding carboxylic acids is 1. The van der Waals surface area contributed by atoms with Crippen molar-refractivity contribution < 1.29 is 39.6 Å². The van der Waals surface area contributed by atoms with Crippen LogP contribution in [0.15, 0.2) is 53.8 Å². The molecule has 3 atom stereocenters. The molecule has 7 nitrogen and oxygen atoms in total. The fourth-order valence-electron chi connectivity index (χ4n) is 4.75. The summed E-state index contributed by atoms with van der Waals surface area (Å²) in [5, 5.41) is 0. The third-order valence-electron chi connectivity index (χ3n) is 6.80. The van der Waals surface area contributed by atoms with E-state index in [9.17, 15) is 39.6 Å². The number of ketones is 1. The molecule has 2 aromatic heterocycles. The molecule has 0 aliphatic carbocycles. The normalized spacial score (nSPS) is 20.4. The van der Waals surface area contributed by atoms with Gasteiger partial charge in [0.25, 0.3) is 0 Å². The number of sulfonamides is 1. The first-order chi connectivity index (χ1) is 18.8. The Labute approximate surface area is 226 Å². The topological polar surface area (TPSA) is 93.1 Å². The average molecular weight is 587 g/mol. The Bertz CT molecular complexity index is 1470. The van der Waals surface area contributed by atoms with Crippen molar-refractivity contribution in [1.82, 2.24) is 19.3 Å². The molecule has 0 N–H and O–H groups in total. The van der Waals surface area contributed by atoms with Crippen molar-refractivity contribution in [3.63, 3.8) is 0 Å². The highest BCUT2D eigenvalue weighted by molar-refractivity contribution is 7.89. The molecule has 3 aromatic rings. The fourth-order valence-corrected chi connectivity index (χ4v) is 6.42. The summed E-state index contributed by atoms with van der Waals surface area (Å²) >= 11 is 0. The highest BCUT2D eigenvalue weighted by Crippen LogP contribution is 2.35. The van der Waals surface area contributed by atoms with Crippen LogP contribution in [0.25, 0.3) is 11.3 Å². The van der Waals surface area contributed by atoms with Crippen LogP contribution >= 0.6 is 0 Å². The van der Waals surface area contributed by atoms with Gasteiger partial charge in [-0.1, -0.05) is 6.92 Å². The number of piperidine rings is 1. The monoisotopic (exact) mass is 586 g/mol. The molecule has 0 saturated carbocycles. The van der Waals surface area contributed by atoms with E-state index in [4.69, 9.17) is 0 Å². The number of hydrogen-bond donors (Lipinski definition) is 0. The molecule has 1 saturated heterocycles. The van der Waals surface area contributed by atoms with Gasteiger partial charge in [-0.05, 0) is 55.2 Å². The summed E-state index contributed by atoms with van der Waals surface area (Å²) in [5.41, 5.74) is 0.133. The Balaban J connectivity index is 1.58. The van der Waals surface area contributed by atoms with Crippen molar-refractivity contribution in [2.24, 2.45) is 5.92 Å². The maximum absolute atomic E-state index is 14.9. The Morgan fingerprint density at radius 3 is 2.30 bits per heavy atom. The first-order valence-corrected chi connectivity index (χ1v) is 13.7. The fraction of sp³-hybridized carbons (Fsp3) is 0.385. The zero-order valence-electron chi connectivity index (χ0n) is 21.1. The molecule has 214 valence electrons. The average Bonchev–Trinajstić information content (AvgIpc) is 2.92. The molecule has 1 aliphatic rings. The van der Waals surface area contributed by atoms with Gasteiger partial charge in [-0.15, -0.1) is 0 Å². The smallest absolute Gasteiger partial charge is 0.298 e. The second-order valence-corrected chi connectivity index (χ2v) is 11.2. The molecule has 0 amide bonds. The lowest BCUT2D eigenvalue weighted by Crippen LogP contribution is -2.56. The lowest BCUT2D eigenvalue weighted by molar-refractivity contribution is -0.145. The number of benzene rings is 1. The summed E-state index contributed by atoms with van der Waals surface area (Å²) in [5.74, 6) is -4.37.